The summed E-state index contributed by atoms with van der Waals surface area (Å²) in [5, 5.41) is 0. The van der Waals surface area contributed by atoms with E-state index in [1.807, 2.05) is 0 Å². The molecule has 2 aromatic rings. The monoisotopic (exact) mass is 676 g/mol. The fraction of sp³-hybridized carbons (Fsp3) is 0.526. The minimum absolute atomic E-state index is 0.289. The second-order valence-electron chi connectivity index (χ2n) is 14.2. The molecule has 0 amide bonds. The van der Waals surface area contributed by atoms with Gasteiger partial charge in [0, 0.05) is 11.1 Å². The number of hydrogen-bond acceptors (Lipinski definition) is 0. The zero-order valence-corrected chi connectivity index (χ0v) is 31.4. The predicted molar refractivity (Wildman–Crippen MR) is 187 cm³/mol. The summed E-state index contributed by atoms with van der Waals surface area (Å²) in [7, 11) is -4.64. The van der Waals surface area contributed by atoms with Gasteiger partial charge in [0.1, 0.15) is 16.1 Å². The maximum Gasteiger partial charge on any atom is 0.416 e. The highest BCUT2D eigenvalue weighted by Crippen LogP contribution is 2.43. The van der Waals surface area contributed by atoms with Crippen LogP contribution in [0.15, 0.2) is 48.5 Å². The maximum absolute atomic E-state index is 13.6. The first-order valence-electron chi connectivity index (χ1n) is 16.2. The van der Waals surface area contributed by atoms with Crippen LogP contribution in [0.2, 0.25) is 33.2 Å². The van der Waals surface area contributed by atoms with E-state index in [1.54, 1.807) is 0 Å². The Kier molecular flexibility index (Phi) is 12.9. The Hall–Kier alpha value is -2.69. The largest absolute Gasteiger partial charge is 0.416 e. The maximum atomic E-state index is 13.6. The van der Waals surface area contributed by atoms with Crippen LogP contribution in [0.1, 0.15) is 105 Å². The standard InChI is InChI=1S/C38H50F6Si2/c1-25(2)45(26(3)4,27(5)6)23-21-35(31-13-17-33(18-14-31)37(39,40)41)36(32-15-19-34(20-16-32)38(42,43)44)22-24-46(28(7)8,29(9)10)30(11)12/h13-20,25-30H,1-12H3/b36-35+. The van der Waals surface area contributed by atoms with E-state index in [-0.39, 0.29) is 33.2 Å². The summed E-state index contributed by atoms with van der Waals surface area (Å²) in [5.74, 6) is 6.89. The van der Waals surface area contributed by atoms with E-state index in [0.29, 0.717) is 22.3 Å². The smallest absolute Gasteiger partial charge is 0.166 e. The number of alkyl halides is 6. The van der Waals surface area contributed by atoms with Crippen molar-refractivity contribution in [2.45, 2.75) is 129 Å². The number of allylic oxidation sites excluding steroid dienone is 2. The van der Waals surface area contributed by atoms with Crippen LogP contribution in [0.5, 0.6) is 0 Å². The summed E-state index contributed by atoms with van der Waals surface area (Å²) in [6.45, 7) is 26.1. The Morgan fingerprint density at radius 2 is 0.652 bits per heavy atom. The van der Waals surface area contributed by atoms with Crippen molar-refractivity contribution < 1.29 is 26.3 Å². The molecule has 0 aliphatic rings. The summed E-state index contributed by atoms with van der Waals surface area (Å²) >= 11 is 0. The fourth-order valence-electron chi connectivity index (χ4n) is 7.42. The van der Waals surface area contributed by atoms with Gasteiger partial charge in [-0.3, -0.25) is 0 Å². The minimum atomic E-state index is -4.52. The van der Waals surface area contributed by atoms with Gasteiger partial charge in [-0.15, -0.1) is 11.1 Å². The Balaban J connectivity index is 3.23. The van der Waals surface area contributed by atoms with Crippen molar-refractivity contribution in [2.75, 3.05) is 0 Å². The molecule has 0 nitrogen and oxygen atoms in total. The predicted octanol–water partition coefficient (Wildman–Crippen LogP) is 13.1. The molecular formula is C38H50F6Si2. The summed E-state index contributed by atoms with van der Waals surface area (Å²) in [4.78, 5) is 0. The average molecular weight is 677 g/mol. The van der Waals surface area contributed by atoms with Crippen molar-refractivity contribution in [3.8, 4) is 22.9 Å². The molecule has 0 saturated heterocycles. The van der Waals surface area contributed by atoms with E-state index in [1.165, 1.54) is 24.3 Å². The molecule has 2 aromatic carbocycles. The van der Waals surface area contributed by atoms with Crippen LogP contribution in [0.3, 0.4) is 0 Å². The molecule has 0 atom stereocenters. The number of rotatable bonds is 8. The summed E-state index contributed by atoms with van der Waals surface area (Å²) < 4.78 is 81.5. The normalized spacial score (nSPS) is 13.7. The Morgan fingerprint density at radius 3 is 0.826 bits per heavy atom. The molecule has 252 valence electrons. The van der Waals surface area contributed by atoms with Crippen molar-refractivity contribution in [2.24, 2.45) is 0 Å². The SMILES string of the molecule is CC(C)[Si](C#C/C(=C(/C#C[Si](C(C)C)(C(C)C)C(C)C)c1ccc(C(F)(F)F)cc1)c1ccc(C(F)(F)F)cc1)(C(C)C)C(C)C. The molecule has 0 saturated carbocycles. The Bertz CT molecular complexity index is 1310. The minimum Gasteiger partial charge on any atom is -0.166 e. The molecule has 8 heteroatoms. The van der Waals surface area contributed by atoms with Gasteiger partial charge in [0.05, 0.1) is 11.1 Å². The zero-order valence-electron chi connectivity index (χ0n) is 29.4. The van der Waals surface area contributed by atoms with Crippen LogP contribution < -0.4 is 0 Å². The van der Waals surface area contributed by atoms with Crippen molar-refractivity contribution in [3.63, 3.8) is 0 Å². The third kappa shape index (κ3) is 8.42. The molecule has 0 aliphatic heterocycles. The van der Waals surface area contributed by atoms with E-state index in [0.717, 1.165) is 24.3 Å². The van der Waals surface area contributed by atoms with Crippen LogP contribution in [0.4, 0.5) is 26.3 Å². The van der Waals surface area contributed by atoms with Gasteiger partial charge in [-0.05, 0) is 68.6 Å². The molecule has 0 unspecified atom stereocenters. The summed E-state index contributed by atoms with van der Waals surface area (Å²) in [5.41, 5.74) is 9.36. The van der Waals surface area contributed by atoms with Gasteiger partial charge < -0.3 is 0 Å². The van der Waals surface area contributed by atoms with Crippen molar-refractivity contribution in [1.82, 2.24) is 0 Å². The van der Waals surface area contributed by atoms with E-state index in [9.17, 15) is 26.3 Å². The van der Waals surface area contributed by atoms with Gasteiger partial charge in [-0.2, -0.15) is 26.3 Å². The molecule has 0 heterocycles. The van der Waals surface area contributed by atoms with Crippen LogP contribution in [0, 0.1) is 22.9 Å². The fourth-order valence-corrected chi connectivity index (χ4v) is 17.8. The molecule has 0 aliphatic carbocycles. The lowest BCUT2D eigenvalue weighted by atomic mass is 9.94. The third-order valence-electron chi connectivity index (χ3n) is 9.79. The average Bonchev–Trinajstić information content (AvgIpc) is 2.92. The molecule has 2 rings (SSSR count). The lowest BCUT2D eigenvalue weighted by Crippen LogP contribution is -2.43. The molecule has 0 N–H and O–H groups in total. The topological polar surface area (TPSA) is 0 Å². The van der Waals surface area contributed by atoms with Gasteiger partial charge in [-0.25, -0.2) is 0 Å². The molecule has 46 heavy (non-hydrogen) atoms. The molecule has 0 spiro atoms. The van der Waals surface area contributed by atoms with Crippen LogP contribution >= 0.6 is 0 Å². The van der Waals surface area contributed by atoms with Crippen molar-refractivity contribution >= 4 is 27.3 Å². The van der Waals surface area contributed by atoms with E-state index in [2.05, 4.69) is 106 Å². The quantitative estimate of drug-likeness (QED) is 0.113. The van der Waals surface area contributed by atoms with Crippen molar-refractivity contribution in [1.29, 1.82) is 0 Å². The van der Waals surface area contributed by atoms with Gasteiger partial charge in [0.25, 0.3) is 0 Å². The first-order chi connectivity index (χ1) is 21.0. The van der Waals surface area contributed by atoms with Gasteiger partial charge in [0.2, 0.25) is 0 Å². The highest BCUT2D eigenvalue weighted by molar-refractivity contribution is 6.91. The lowest BCUT2D eigenvalue weighted by molar-refractivity contribution is -0.138. The first-order valence-corrected chi connectivity index (χ1v) is 20.7. The van der Waals surface area contributed by atoms with E-state index in [4.69, 9.17) is 0 Å². The number of hydrogen-bond donors (Lipinski definition) is 0. The molecular weight excluding hydrogens is 627 g/mol. The first kappa shape index (κ1) is 39.5. The van der Waals surface area contributed by atoms with Gasteiger partial charge >= 0.3 is 12.4 Å². The molecule has 0 aromatic heterocycles. The number of halogens is 6. The third-order valence-corrected chi connectivity index (χ3v) is 22.4. The van der Waals surface area contributed by atoms with Crippen molar-refractivity contribution in [3.05, 3.63) is 70.8 Å². The van der Waals surface area contributed by atoms with Crippen LogP contribution in [0.25, 0.3) is 11.1 Å². The highest BCUT2D eigenvalue weighted by atomic mass is 28.3. The lowest BCUT2D eigenvalue weighted by Gasteiger charge is -2.38. The second-order valence-corrected chi connectivity index (χ2v) is 25.4. The van der Waals surface area contributed by atoms with E-state index >= 15 is 0 Å². The highest BCUT2D eigenvalue weighted by Gasteiger charge is 2.43. The Labute approximate surface area is 275 Å². The second kappa shape index (κ2) is 15.0. The zero-order chi connectivity index (χ0) is 35.4. The molecule has 0 bridgehead atoms. The molecule has 0 radical (unpaired) electrons. The van der Waals surface area contributed by atoms with Crippen LogP contribution in [-0.2, 0) is 12.4 Å². The number of benzene rings is 2. The van der Waals surface area contributed by atoms with Crippen LogP contribution in [-0.4, -0.2) is 16.1 Å². The van der Waals surface area contributed by atoms with Gasteiger partial charge in [-0.1, -0.05) is 119 Å². The van der Waals surface area contributed by atoms with Gasteiger partial charge in [0.15, 0.2) is 0 Å². The Morgan fingerprint density at radius 1 is 0.435 bits per heavy atom. The molecule has 0 fully saturated rings. The summed E-state index contributed by atoms with van der Waals surface area (Å²) in [6.07, 6.45) is -9.04. The summed E-state index contributed by atoms with van der Waals surface area (Å²) in [6, 6.07) is 9.73. The van der Waals surface area contributed by atoms with E-state index < -0.39 is 39.6 Å².